The minimum absolute atomic E-state index is 0.0288. The van der Waals surface area contributed by atoms with Gasteiger partial charge in [0.05, 0.1) is 5.75 Å². The van der Waals surface area contributed by atoms with Gasteiger partial charge in [-0.1, -0.05) is 84.9 Å². The van der Waals surface area contributed by atoms with Gasteiger partial charge in [-0.2, -0.15) is 0 Å². The molecular weight excluding hydrogens is 524 g/mol. The SMILES string of the molecule is O=S(=O)(CCc1ccccc1)Nc1ccc(CCNCC(O)COc2ccccc2OCc2ccccc2)cc1. The van der Waals surface area contributed by atoms with Crippen LogP contribution in [0.25, 0.3) is 0 Å². The van der Waals surface area contributed by atoms with Crippen LogP contribution >= 0.6 is 0 Å². The van der Waals surface area contributed by atoms with E-state index in [2.05, 4.69) is 10.0 Å². The summed E-state index contributed by atoms with van der Waals surface area (Å²) in [5.74, 6) is 1.25. The summed E-state index contributed by atoms with van der Waals surface area (Å²) in [6.45, 7) is 1.62. The fraction of sp³-hybridized carbons (Fsp3) is 0.250. The molecule has 0 saturated carbocycles. The van der Waals surface area contributed by atoms with Crippen molar-refractivity contribution in [1.29, 1.82) is 0 Å². The number of para-hydroxylation sites is 2. The molecule has 0 radical (unpaired) electrons. The molecule has 210 valence electrons. The number of aliphatic hydroxyl groups is 1. The molecule has 0 saturated heterocycles. The fourth-order valence-corrected chi connectivity index (χ4v) is 5.14. The zero-order chi connectivity index (χ0) is 28.0. The number of aliphatic hydroxyl groups excluding tert-OH is 1. The second kappa shape index (κ2) is 15.1. The number of benzene rings is 4. The Morgan fingerprint density at radius 1 is 0.675 bits per heavy atom. The number of hydrogen-bond acceptors (Lipinski definition) is 6. The highest BCUT2D eigenvalue weighted by molar-refractivity contribution is 7.92. The van der Waals surface area contributed by atoms with E-state index in [1.807, 2.05) is 97.1 Å². The van der Waals surface area contributed by atoms with E-state index < -0.39 is 16.1 Å². The van der Waals surface area contributed by atoms with Crippen molar-refractivity contribution in [1.82, 2.24) is 5.32 Å². The molecule has 40 heavy (non-hydrogen) atoms. The summed E-state index contributed by atoms with van der Waals surface area (Å²) < 4.78 is 39.2. The molecule has 0 aliphatic heterocycles. The lowest BCUT2D eigenvalue weighted by atomic mass is 10.1. The zero-order valence-corrected chi connectivity index (χ0v) is 23.2. The minimum Gasteiger partial charge on any atom is -0.487 e. The number of sulfonamides is 1. The summed E-state index contributed by atoms with van der Waals surface area (Å²) in [7, 11) is -3.43. The van der Waals surface area contributed by atoms with Gasteiger partial charge in [0.25, 0.3) is 0 Å². The van der Waals surface area contributed by atoms with Crippen LogP contribution in [-0.4, -0.2) is 45.1 Å². The van der Waals surface area contributed by atoms with Crippen LogP contribution in [0.3, 0.4) is 0 Å². The van der Waals surface area contributed by atoms with Gasteiger partial charge in [0.15, 0.2) is 11.5 Å². The summed E-state index contributed by atoms with van der Waals surface area (Å²) in [6, 6.07) is 34.3. The average molecular weight is 561 g/mol. The topological polar surface area (TPSA) is 96.9 Å². The van der Waals surface area contributed by atoms with Crippen molar-refractivity contribution in [2.24, 2.45) is 0 Å². The number of nitrogens with one attached hydrogen (secondary N) is 2. The Morgan fingerprint density at radius 3 is 1.93 bits per heavy atom. The predicted octanol–water partition coefficient (Wildman–Crippen LogP) is 4.82. The molecule has 0 fully saturated rings. The van der Waals surface area contributed by atoms with E-state index in [0.717, 1.165) is 23.1 Å². The molecule has 0 heterocycles. The molecule has 0 amide bonds. The van der Waals surface area contributed by atoms with Crippen molar-refractivity contribution in [2.75, 3.05) is 30.2 Å². The number of aryl methyl sites for hydroxylation is 1. The molecule has 4 rings (SSSR count). The second-order valence-electron chi connectivity index (χ2n) is 9.49. The minimum atomic E-state index is -3.43. The molecule has 0 aliphatic carbocycles. The summed E-state index contributed by atoms with van der Waals surface area (Å²) in [5, 5.41) is 13.6. The van der Waals surface area contributed by atoms with Gasteiger partial charge in [0.2, 0.25) is 10.0 Å². The standard InChI is InChI=1S/C32H36N2O5S/c35-30(25-39-32-14-8-7-13-31(32)38-24-28-11-5-2-6-12-28)23-33-21-19-27-15-17-29(18-16-27)34-40(36,37)22-20-26-9-3-1-4-10-26/h1-18,30,33-35H,19-25H2. The molecule has 0 aliphatic rings. The van der Waals surface area contributed by atoms with Crippen molar-refractivity contribution in [3.05, 3.63) is 126 Å². The lowest BCUT2D eigenvalue weighted by molar-refractivity contribution is 0.104. The first kappa shape index (κ1) is 29.1. The van der Waals surface area contributed by atoms with Crippen LogP contribution in [-0.2, 0) is 29.5 Å². The predicted molar refractivity (Wildman–Crippen MR) is 159 cm³/mol. The number of anilines is 1. The Balaban J connectivity index is 1.13. The van der Waals surface area contributed by atoms with Crippen LogP contribution in [0.4, 0.5) is 5.69 Å². The third-order valence-corrected chi connectivity index (χ3v) is 7.51. The maximum atomic E-state index is 12.4. The van der Waals surface area contributed by atoms with E-state index in [9.17, 15) is 13.5 Å². The quantitative estimate of drug-likeness (QED) is 0.170. The molecule has 1 atom stereocenters. The Bertz CT molecular complexity index is 1400. The van der Waals surface area contributed by atoms with Crippen molar-refractivity contribution in [3.63, 3.8) is 0 Å². The molecule has 0 spiro atoms. The van der Waals surface area contributed by atoms with E-state index in [-0.39, 0.29) is 12.4 Å². The smallest absolute Gasteiger partial charge is 0.233 e. The zero-order valence-electron chi connectivity index (χ0n) is 22.4. The van der Waals surface area contributed by atoms with E-state index in [1.54, 1.807) is 12.1 Å². The Labute approximate surface area is 236 Å². The van der Waals surface area contributed by atoms with E-state index in [1.165, 1.54) is 0 Å². The van der Waals surface area contributed by atoms with Crippen LogP contribution < -0.4 is 19.5 Å². The number of ether oxygens (including phenoxy) is 2. The molecule has 1 unspecified atom stereocenters. The summed E-state index contributed by atoms with van der Waals surface area (Å²) in [4.78, 5) is 0. The largest absolute Gasteiger partial charge is 0.487 e. The highest BCUT2D eigenvalue weighted by Gasteiger charge is 2.11. The molecule has 0 bridgehead atoms. The highest BCUT2D eigenvalue weighted by atomic mass is 32.2. The Kier molecular flexibility index (Phi) is 11.0. The highest BCUT2D eigenvalue weighted by Crippen LogP contribution is 2.27. The fourth-order valence-electron chi connectivity index (χ4n) is 4.04. The van der Waals surface area contributed by atoms with E-state index >= 15 is 0 Å². The van der Waals surface area contributed by atoms with Gasteiger partial charge in [-0.15, -0.1) is 0 Å². The average Bonchev–Trinajstić information content (AvgIpc) is 2.98. The first-order chi connectivity index (χ1) is 19.5. The maximum absolute atomic E-state index is 12.4. The van der Waals surface area contributed by atoms with Gasteiger partial charge >= 0.3 is 0 Å². The maximum Gasteiger partial charge on any atom is 0.233 e. The van der Waals surface area contributed by atoms with E-state index in [4.69, 9.17) is 9.47 Å². The molecule has 4 aromatic rings. The van der Waals surface area contributed by atoms with Gasteiger partial charge in [0.1, 0.15) is 19.3 Å². The summed E-state index contributed by atoms with van der Waals surface area (Å²) in [5.41, 5.74) is 3.67. The van der Waals surface area contributed by atoms with Crippen molar-refractivity contribution in [2.45, 2.75) is 25.6 Å². The van der Waals surface area contributed by atoms with Crippen LogP contribution in [0, 0.1) is 0 Å². The first-order valence-electron chi connectivity index (χ1n) is 13.4. The Morgan fingerprint density at radius 2 is 1.25 bits per heavy atom. The lowest BCUT2D eigenvalue weighted by Crippen LogP contribution is -2.32. The third kappa shape index (κ3) is 10.0. The lowest BCUT2D eigenvalue weighted by Gasteiger charge is -2.16. The molecular formula is C32H36N2O5S. The van der Waals surface area contributed by atoms with Crippen molar-refractivity contribution >= 4 is 15.7 Å². The van der Waals surface area contributed by atoms with E-state index in [0.29, 0.717) is 43.3 Å². The first-order valence-corrected chi connectivity index (χ1v) is 15.0. The van der Waals surface area contributed by atoms with Crippen LogP contribution in [0.5, 0.6) is 11.5 Å². The van der Waals surface area contributed by atoms with Crippen molar-refractivity contribution < 1.29 is 23.0 Å². The monoisotopic (exact) mass is 560 g/mol. The molecule has 3 N–H and O–H groups in total. The third-order valence-electron chi connectivity index (χ3n) is 6.22. The van der Waals surface area contributed by atoms with Gasteiger partial charge in [-0.3, -0.25) is 4.72 Å². The molecule has 0 aromatic heterocycles. The normalized spacial score (nSPS) is 12.0. The number of hydrogen-bond donors (Lipinski definition) is 3. The molecule has 4 aromatic carbocycles. The van der Waals surface area contributed by atoms with Gasteiger partial charge in [-0.25, -0.2) is 8.42 Å². The van der Waals surface area contributed by atoms with Crippen molar-refractivity contribution in [3.8, 4) is 11.5 Å². The molecule has 7 nitrogen and oxygen atoms in total. The van der Waals surface area contributed by atoms with Gasteiger partial charge < -0.3 is 19.9 Å². The summed E-state index contributed by atoms with van der Waals surface area (Å²) >= 11 is 0. The van der Waals surface area contributed by atoms with Gasteiger partial charge in [0, 0.05) is 12.2 Å². The van der Waals surface area contributed by atoms with Crippen LogP contribution in [0.1, 0.15) is 16.7 Å². The Hall–Kier alpha value is -3.85. The van der Waals surface area contributed by atoms with Crippen LogP contribution in [0.2, 0.25) is 0 Å². The number of rotatable bonds is 16. The summed E-state index contributed by atoms with van der Waals surface area (Å²) in [6.07, 6.45) is 0.519. The van der Waals surface area contributed by atoms with Crippen LogP contribution in [0.15, 0.2) is 109 Å². The second-order valence-corrected chi connectivity index (χ2v) is 11.3. The molecule has 8 heteroatoms. The van der Waals surface area contributed by atoms with Gasteiger partial charge in [-0.05, 0) is 60.3 Å².